The number of ether oxygens (including phenoxy) is 1. The number of hydrogen-bond acceptors (Lipinski definition) is 4. The molecule has 2 N–H and O–H groups in total. The first-order valence-corrected chi connectivity index (χ1v) is 5.95. The quantitative estimate of drug-likeness (QED) is 0.813. The summed E-state index contributed by atoms with van der Waals surface area (Å²) in [5, 5.41) is 4.29. The number of nitrogens with zero attached hydrogens (tertiary/aromatic N) is 3. The smallest absolute Gasteiger partial charge is 0.265 e. The number of hydrogen-bond donors (Lipinski definition) is 1. The van der Waals surface area contributed by atoms with Gasteiger partial charge < -0.3 is 10.5 Å². The average Bonchev–Trinajstić information content (AvgIpc) is 2.79. The average molecular weight is 258 g/mol. The Kier molecular flexibility index (Phi) is 2.63. The molecule has 1 aromatic carbocycles. The monoisotopic (exact) mass is 258 g/mol. The minimum Gasteiger partial charge on any atom is -0.482 e. The van der Waals surface area contributed by atoms with Crippen LogP contribution in [0, 0.1) is 0 Å². The first kappa shape index (κ1) is 11.6. The highest BCUT2D eigenvalue weighted by Gasteiger charge is 2.26. The molecule has 2 aromatic rings. The van der Waals surface area contributed by atoms with E-state index in [1.54, 1.807) is 27.8 Å². The van der Waals surface area contributed by atoms with Crippen LogP contribution in [0.15, 0.2) is 30.5 Å². The third-order valence-corrected chi connectivity index (χ3v) is 3.01. The Morgan fingerprint density at radius 2 is 2.26 bits per heavy atom. The van der Waals surface area contributed by atoms with Crippen molar-refractivity contribution in [3.63, 3.8) is 0 Å². The molecule has 0 spiro atoms. The van der Waals surface area contributed by atoms with Crippen LogP contribution >= 0.6 is 0 Å². The normalized spacial score (nSPS) is 14.2. The van der Waals surface area contributed by atoms with Gasteiger partial charge in [-0.3, -0.25) is 14.4 Å². The third-order valence-electron chi connectivity index (χ3n) is 3.01. The molecule has 1 aliphatic rings. The standard InChI is InChI=1S/C13H14N4O2/c1-16-5-4-10(15-16)7-17-11-6-9(14)2-3-12(11)19-8-13(17)18/h2-6H,7-8,14H2,1H3. The van der Waals surface area contributed by atoms with Gasteiger partial charge in [0.05, 0.1) is 17.9 Å². The van der Waals surface area contributed by atoms with E-state index in [0.717, 1.165) is 5.69 Å². The topological polar surface area (TPSA) is 73.4 Å². The van der Waals surface area contributed by atoms with E-state index in [-0.39, 0.29) is 12.5 Å². The Bertz CT molecular complexity index is 635. The minimum atomic E-state index is -0.0937. The molecule has 2 heterocycles. The summed E-state index contributed by atoms with van der Waals surface area (Å²) in [6.07, 6.45) is 1.85. The molecule has 0 saturated carbocycles. The summed E-state index contributed by atoms with van der Waals surface area (Å²) in [5.41, 5.74) is 7.90. The molecule has 0 fully saturated rings. The van der Waals surface area contributed by atoms with Crippen molar-refractivity contribution in [3.05, 3.63) is 36.2 Å². The zero-order valence-corrected chi connectivity index (χ0v) is 10.5. The number of nitrogen functional groups attached to an aromatic ring is 1. The number of carbonyl (C=O) groups is 1. The van der Waals surface area contributed by atoms with Crippen LogP contribution in [0.3, 0.4) is 0 Å². The second-order valence-electron chi connectivity index (χ2n) is 4.48. The molecule has 0 atom stereocenters. The zero-order valence-electron chi connectivity index (χ0n) is 10.5. The van der Waals surface area contributed by atoms with Crippen molar-refractivity contribution in [1.82, 2.24) is 9.78 Å². The number of fused-ring (bicyclic) bond motifs is 1. The van der Waals surface area contributed by atoms with Crippen molar-refractivity contribution >= 4 is 17.3 Å². The lowest BCUT2D eigenvalue weighted by atomic mass is 10.2. The largest absolute Gasteiger partial charge is 0.482 e. The maximum Gasteiger partial charge on any atom is 0.265 e. The first-order valence-electron chi connectivity index (χ1n) is 5.95. The van der Waals surface area contributed by atoms with Crippen molar-refractivity contribution in [3.8, 4) is 5.75 Å². The second-order valence-corrected chi connectivity index (χ2v) is 4.48. The zero-order chi connectivity index (χ0) is 13.4. The lowest BCUT2D eigenvalue weighted by Crippen LogP contribution is -2.38. The van der Waals surface area contributed by atoms with Crippen LogP contribution in [-0.4, -0.2) is 22.3 Å². The summed E-state index contributed by atoms with van der Waals surface area (Å²) in [4.78, 5) is 13.7. The molecule has 0 unspecified atom stereocenters. The van der Waals surface area contributed by atoms with Gasteiger partial charge in [0.1, 0.15) is 5.75 Å². The van der Waals surface area contributed by atoms with Gasteiger partial charge in [0, 0.05) is 18.9 Å². The van der Waals surface area contributed by atoms with Crippen LogP contribution in [0.4, 0.5) is 11.4 Å². The lowest BCUT2D eigenvalue weighted by molar-refractivity contribution is -0.121. The highest BCUT2D eigenvalue weighted by Crippen LogP contribution is 2.34. The number of anilines is 2. The minimum absolute atomic E-state index is 0.0454. The van der Waals surface area contributed by atoms with Crippen LogP contribution in [-0.2, 0) is 18.4 Å². The Morgan fingerprint density at radius 3 is 3.00 bits per heavy atom. The van der Waals surface area contributed by atoms with Gasteiger partial charge in [-0.15, -0.1) is 0 Å². The van der Waals surface area contributed by atoms with Gasteiger partial charge >= 0.3 is 0 Å². The van der Waals surface area contributed by atoms with Crippen LogP contribution in [0.2, 0.25) is 0 Å². The molecule has 0 radical (unpaired) electrons. The van der Waals surface area contributed by atoms with Gasteiger partial charge in [-0.25, -0.2) is 0 Å². The number of carbonyl (C=O) groups excluding carboxylic acids is 1. The summed E-state index contributed by atoms with van der Waals surface area (Å²) in [7, 11) is 1.84. The highest BCUT2D eigenvalue weighted by atomic mass is 16.5. The summed E-state index contributed by atoms with van der Waals surface area (Å²) >= 11 is 0. The van der Waals surface area contributed by atoms with Crippen molar-refractivity contribution in [2.75, 3.05) is 17.2 Å². The fourth-order valence-corrected chi connectivity index (χ4v) is 2.10. The van der Waals surface area contributed by atoms with Crippen molar-refractivity contribution in [2.45, 2.75) is 6.54 Å². The number of rotatable bonds is 2. The number of aryl methyl sites for hydroxylation is 1. The van der Waals surface area contributed by atoms with Gasteiger partial charge in [-0.05, 0) is 24.3 Å². The van der Waals surface area contributed by atoms with Crippen LogP contribution < -0.4 is 15.4 Å². The Hall–Kier alpha value is -2.50. The van der Waals surface area contributed by atoms with E-state index < -0.39 is 0 Å². The molecule has 0 bridgehead atoms. The molecule has 6 heteroatoms. The van der Waals surface area contributed by atoms with E-state index in [0.29, 0.717) is 23.7 Å². The number of aromatic nitrogens is 2. The predicted octanol–water partition coefficient (Wildman–Crippen LogP) is 0.928. The molecule has 98 valence electrons. The van der Waals surface area contributed by atoms with Gasteiger partial charge in [-0.2, -0.15) is 5.10 Å². The molecular weight excluding hydrogens is 244 g/mol. The molecule has 6 nitrogen and oxygen atoms in total. The van der Waals surface area contributed by atoms with E-state index >= 15 is 0 Å². The van der Waals surface area contributed by atoms with Crippen molar-refractivity contribution in [1.29, 1.82) is 0 Å². The number of nitrogens with two attached hydrogens (primary N) is 1. The summed E-state index contributed by atoms with van der Waals surface area (Å²) < 4.78 is 7.10. The number of benzene rings is 1. The predicted molar refractivity (Wildman–Crippen MR) is 70.7 cm³/mol. The van der Waals surface area contributed by atoms with Gasteiger partial charge in [0.25, 0.3) is 5.91 Å². The SMILES string of the molecule is Cn1ccc(CN2C(=O)COc3ccc(N)cc32)n1. The molecule has 0 saturated heterocycles. The third kappa shape index (κ3) is 2.12. The van der Waals surface area contributed by atoms with E-state index in [4.69, 9.17) is 10.5 Å². The van der Waals surface area contributed by atoms with Crippen LogP contribution in [0.25, 0.3) is 0 Å². The summed E-state index contributed by atoms with van der Waals surface area (Å²) in [5.74, 6) is 0.577. The Balaban J connectivity index is 1.96. The Labute approximate surface area is 110 Å². The molecule has 1 aromatic heterocycles. The molecular formula is C13H14N4O2. The van der Waals surface area contributed by atoms with Crippen molar-refractivity contribution < 1.29 is 9.53 Å². The van der Waals surface area contributed by atoms with Crippen LogP contribution in [0.1, 0.15) is 5.69 Å². The van der Waals surface area contributed by atoms with Crippen LogP contribution in [0.5, 0.6) is 5.75 Å². The van der Waals surface area contributed by atoms with E-state index in [1.165, 1.54) is 0 Å². The molecule has 19 heavy (non-hydrogen) atoms. The van der Waals surface area contributed by atoms with E-state index in [9.17, 15) is 4.79 Å². The van der Waals surface area contributed by atoms with Gasteiger partial charge in [0.2, 0.25) is 0 Å². The van der Waals surface area contributed by atoms with E-state index in [1.807, 2.05) is 19.3 Å². The van der Waals surface area contributed by atoms with E-state index in [2.05, 4.69) is 5.10 Å². The molecule has 1 amide bonds. The highest BCUT2D eigenvalue weighted by molar-refractivity contribution is 5.98. The molecule has 0 aliphatic carbocycles. The maximum absolute atomic E-state index is 12.0. The molecule has 1 aliphatic heterocycles. The Morgan fingerprint density at radius 1 is 1.42 bits per heavy atom. The van der Waals surface area contributed by atoms with Crippen molar-refractivity contribution in [2.24, 2.45) is 7.05 Å². The van der Waals surface area contributed by atoms with Gasteiger partial charge in [0.15, 0.2) is 6.61 Å². The fourth-order valence-electron chi connectivity index (χ4n) is 2.10. The second kappa shape index (κ2) is 4.31. The molecule has 3 rings (SSSR count). The first-order chi connectivity index (χ1) is 9.13. The maximum atomic E-state index is 12.0. The lowest BCUT2D eigenvalue weighted by Gasteiger charge is -2.29. The summed E-state index contributed by atoms with van der Waals surface area (Å²) in [6, 6.07) is 7.17. The number of amides is 1. The fraction of sp³-hybridized carbons (Fsp3) is 0.231. The van der Waals surface area contributed by atoms with Gasteiger partial charge in [-0.1, -0.05) is 0 Å². The summed E-state index contributed by atoms with van der Waals surface area (Å²) in [6.45, 7) is 0.462.